The molecule has 0 bridgehead atoms. The van der Waals surface area contributed by atoms with Crippen molar-refractivity contribution >= 4 is 0 Å². The predicted molar refractivity (Wildman–Crippen MR) is 155 cm³/mol. The molecule has 4 nitrogen and oxygen atoms in total. The van der Waals surface area contributed by atoms with Gasteiger partial charge in [-0.3, -0.25) is 0 Å². The quantitative estimate of drug-likeness (QED) is 0.242. The van der Waals surface area contributed by atoms with Crippen LogP contribution in [0.25, 0.3) is 11.1 Å². The lowest BCUT2D eigenvalue weighted by Crippen LogP contribution is -2.28. The molecule has 1 aliphatic rings. The molecule has 2 N–H and O–H groups in total. The minimum absolute atomic E-state index is 0.215. The Kier molecular flexibility index (Phi) is 7.78. The summed E-state index contributed by atoms with van der Waals surface area (Å²) in [7, 11) is 3.39. The van der Waals surface area contributed by atoms with Crippen LogP contribution in [0.2, 0.25) is 0 Å². The molecular weight excluding hydrogens is 484 g/mol. The Balaban J connectivity index is 0.000000217. The maximum Gasteiger partial charge on any atom is 0.120 e. The fraction of sp³-hybridized carbons (Fsp3) is 0.143. The number of rotatable bonds is 6. The van der Waals surface area contributed by atoms with E-state index in [2.05, 4.69) is 48.5 Å². The Morgan fingerprint density at radius 1 is 0.462 bits per heavy atom. The summed E-state index contributed by atoms with van der Waals surface area (Å²) in [5.74, 6) is 0.430. The van der Waals surface area contributed by atoms with Crippen molar-refractivity contribution in [3.63, 3.8) is 0 Å². The zero-order chi connectivity index (χ0) is 27.2. The molecule has 4 heteroatoms. The van der Waals surface area contributed by atoms with Gasteiger partial charge in [0, 0.05) is 25.3 Å². The van der Waals surface area contributed by atoms with Gasteiger partial charge in [0.25, 0.3) is 0 Å². The normalized spacial score (nSPS) is 12.7. The summed E-state index contributed by atoms with van der Waals surface area (Å²) in [4.78, 5) is 0. The van der Waals surface area contributed by atoms with Crippen LogP contribution in [-0.4, -0.2) is 24.4 Å². The molecule has 5 aromatic rings. The molecule has 39 heavy (non-hydrogen) atoms. The predicted octanol–water partition coefficient (Wildman–Crippen LogP) is 7.44. The minimum atomic E-state index is -0.774. The van der Waals surface area contributed by atoms with Gasteiger partial charge < -0.3 is 19.7 Å². The SMILES string of the molecule is COCc1ccc(COC)cc1.Oc1ccccc1C1(c2ccccc2O)c2ccccc2-c2ccccc21. The number of benzene rings is 5. The molecule has 0 saturated heterocycles. The molecular formula is C35H32O4. The maximum atomic E-state index is 10.9. The van der Waals surface area contributed by atoms with Crippen molar-refractivity contribution in [1.82, 2.24) is 0 Å². The average Bonchev–Trinajstić information content (AvgIpc) is 3.26. The molecule has 6 rings (SSSR count). The summed E-state index contributed by atoms with van der Waals surface area (Å²) >= 11 is 0. The molecule has 196 valence electrons. The summed E-state index contributed by atoms with van der Waals surface area (Å²) < 4.78 is 9.99. The van der Waals surface area contributed by atoms with Crippen LogP contribution in [0.15, 0.2) is 121 Å². The first-order valence-corrected chi connectivity index (χ1v) is 12.9. The zero-order valence-corrected chi connectivity index (χ0v) is 22.2. The number of para-hydroxylation sites is 2. The first kappa shape index (κ1) is 26.2. The fourth-order valence-electron chi connectivity index (χ4n) is 5.61. The molecule has 0 heterocycles. The Labute approximate surface area is 229 Å². The van der Waals surface area contributed by atoms with Crippen molar-refractivity contribution < 1.29 is 19.7 Å². The number of methoxy groups -OCH3 is 2. The minimum Gasteiger partial charge on any atom is -0.508 e. The average molecular weight is 517 g/mol. The van der Waals surface area contributed by atoms with E-state index in [0.29, 0.717) is 13.2 Å². The van der Waals surface area contributed by atoms with E-state index in [4.69, 9.17) is 9.47 Å². The van der Waals surface area contributed by atoms with Gasteiger partial charge in [-0.05, 0) is 45.5 Å². The van der Waals surface area contributed by atoms with Crippen LogP contribution in [0.1, 0.15) is 33.4 Å². The molecule has 0 fully saturated rings. The van der Waals surface area contributed by atoms with Gasteiger partial charge in [-0.15, -0.1) is 0 Å². The third-order valence-corrected chi connectivity index (χ3v) is 7.21. The van der Waals surface area contributed by atoms with Crippen LogP contribution in [0, 0.1) is 0 Å². The van der Waals surface area contributed by atoms with E-state index in [0.717, 1.165) is 33.4 Å². The molecule has 0 radical (unpaired) electrons. The second kappa shape index (κ2) is 11.6. The number of phenols is 2. The van der Waals surface area contributed by atoms with E-state index in [1.165, 1.54) is 11.1 Å². The van der Waals surface area contributed by atoms with Crippen molar-refractivity contribution in [2.75, 3.05) is 14.2 Å². The molecule has 0 unspecified atom stereocenters. The molecule has 0 amide bonds. The lowest BCUT2D eigenvalue weighted by molar-refractivity contribution is 0.182. The highest BCUT2D eigenvalue weighted by molar-refractivity contribution is 5.87. The summed E-state index contributed by atoms with van der Waals surface area (Å²) in [5, 5.41) is 21.7. The number of hydrogen-bond acceptors (Lipinski definition) is 4. The second-order valence-electron chi connectivity index (χ2n) is 9.56. The zero-order valence-electron chi connectivity index (χ0n) is 22.2. The van der Waals surface area contributed by atoms with Crippen LogP contribution in [0.4, 0.5) is 0 Å². The number of fused-ring (bicyclic) bond motifs is 3. The molecule has 0 atom stereocenters. The van der Waals surface area contributed by atoms with Crippen molar-refractivity contribution in [2.24, 2.45) is 0 Å². The Morgan fingerprint density at radius 3 is 1.15 bits per heavy atom. The molecule has 5 aromatic carbocycles. The van der Waals surface area contributed by atoms with Crippen molar-refractivity contribution in [3.05, 3.63) is 155 Å². The van der Waals surface area contributed by atoms with Crippen LogP contribution in [0.3, 0.4) is 0 Å². The van der Waals surface area contributed by atoms with E-state index in [1.54, 1.807) is 26.4 Å². The fourth-order valence-corrected chi connectivity index (χ4v) is 5.61. The second-order valence-corrected chi connectivity index (χ2v) is 9.56. The molecule has 0 saturated carbocycles. The van der Waals surface area contributed by atoms with Gasteiger partial charge in [-0.25, -0.2) is 0 Å². The maximum absolute atomic E-state index is 10.9. The van der Waals surface area contributed by atoms with E-state index in [-0.39, 0.29) is 11.5 Å². The van der Waals surface area contributed by atoms with Gasteiger partial charge in [0.15, 0.2) is 0 Å². The van der Waals surface area contributed by atoms with E-state index in [9.17, 15) is 10.2 Å². The standard InChI is InChI=1S/C25H18O2.C10H14O2/c26-23-15-7-5-13-21(23)25(22-14-6-8-16-24(22)27)19-11-3-1-9-17(19)18-10-2-4-12-20(18)25;1-11-7-9-3-5-10(6-4-9)8-12-2/h1-16,26-27H;3-6H,7-8H2,1-2H3. The van der Waals surface area contributed by atoms with Gasteiger partial charge in [0.2, 0.25) is 0 Å². The Bertz CT molecular complexity index is 1440. The van der Waals surface area contributed by atoms with Gasteiger partial charge in [0.05, 0.1) is 18.6 Å². The summed E-state index contributed by atoms with van der Waals surface area (Å²) in [6.45, 7) is 1.35. The number of hydrogen-bond donors (Lipinski definition) is 2. The van der Waals surface area contributed by atoms with Gasteiger partial charge in [-0.2, -0.15) is 0 Å². The molecule has 0 aromatic heterocycles. The third-order valence-electron chi connectivity index (χ3n) is 7.21. The smallest absolute Gasteiger partial charge is 0.120 e. The van der Waals surface area contributed by atoms with Gasteiger partial charge in [0.1, 0.15) is 11.5 Å². The van der Waals surface area contributed by atoms with E-state index >= 15 is 0 Å². The highest BCUT2D eigenvalue weighted by Crippen LogP contribution is 2.58. The summed E-state index contributed by atoms with van der Waals surface area (Å²) in [6, 6.07) is 39.5. The Hall–Kier alpha value is -4.38. The number of ether oxygens (including phenoxy) is 2. The van der Waals surface area contributed by atoms with Crippen LogP contribution in [0.5, 0.6) is 11.5 Å². The topological polar surface area (TPSA) is 58.9 Å². The highest BCUT2D eigenvalue weighted by atomic mass is 16.5. The monoisotopic (exact) mass is 516 g/mol. The lowest BCUT2D eigenvalue weighted by atomic mass is 9.67. The van der Waals surface area contributed by atoms with Crippen molar-refractivity contribution in [1.29, 1.82) is 0 Å². The van der Waals surface area contributed by atoms with Crippen molar-refractivity contribution in [3.8, 4) is 22.6 Å². The Morgan fingerprint density at radius 2 is 0.795 bits per heavy atom. The molecule has 1 aliphatic carbocycles. The summed E-state index contributed by atoms with van der Waals surface area (Å²) in [6.07, 6.45) is 0. The van der Waals surface area contributed by atoms with Gasteiger partial charge in [-0.1, -0.05) is 109 Å². The molecule has 0 aliphatic heterocycles. The van der Waals surface area contributed by atoms with E-state index in [1.807, 2.05) is 60.7 Å². The van der Waals surface area contributed by atoms with Crippen LogP contribution in [-0.2, 0) is 28.1 Å². The van der Waals surface area contributed by atoms with Gasteiger partial charge >= 0.3 is 0 Å². The first-order chi connectivity index (χ1) is 19.1. The highest BCUT2D eigenvalue weighted by Gasteiger charge is 2.48. The van der Waals surface area contributed by atoms with E-state index < -0.39 is 5.41 Å². The molecule has 0 spiro atoms. The van der Waals surface area contributed by atoms with Crippen LogP contribution >= 0.6 is 0 Å². The number of aromatic hydroxyl groups is 2. The third kappa shape index (κ3) is 4.81. The van der Waals surface area contributed by atoms with Crippen LogP contribution < -0.4 is 0 Å². The largest absolute Gasteiger partial charge is 0.508 e. The summed E-state index contributed by atoms with van der Waals surface area (Å²) in [5.41, 5.74) is 7.52. The lowest BCUT2D eigenvalue weighted by Gasteiger charge is -2.34. The first-order valence-electron chi connectivity index (χ1n) is 12.9. The van der Waals surface area contributed by atoms with Crippen molar-refractivity contribution in [2.45, 2.75) is 18.6 Å². The number of phenolic OH excluding ortho intramolecular Hbond substituents is 2.